The highest BCUT2D eigenvalue weighted by molar-refractivity contribution is 5.55. The molecule has 6 heteroatoms. The van der Waals surface area contributed by atoms with Crippen molar-refractivity contribution in [2.24, 2.45) is 0 Å². The van der Waals surface area contributed by atoms with Crippen molar-refractivity contribution in [1.82, 2.24) is 20.4 Å². The fourth-order valence-electron chi connectivity index (χ4n) is 4.34. The van der Waals surface area contributed by atoms with E-state index in [1.807, 2.05) is 0 Å². The average Bonchev–Trinajstić information content (AvgIpc) is 3.21. The summed E-state index contributed by atoms with van der Waals surface area (Å²) in [4.78, 5) is 7.32. The third-order valence-corrected chi connectivity index (χ3v) is 5.90. The second-order valence-electron chi connectivity index (χ2n) is 7.92. The van der Waals surface area contributed by atoms with Crippen molar-refractivity contribution in [2.45, 2.75) is 44.1 Å². The van der Waals surface area contributed by atoms with Gasteiger partial charge in [0.25, 0.3) is 0 Å². The molecule has 0 radical (unpaired) electrons. The molecule has 2 saturated heterocycles. The lowest BCUT2D eigenvalue weighted by molar-refractivity contribution is 0.0850. The minimum atomic E-state index is -0.170. The summed E-state index contributed by atoms with van der Waals surface area (Å²) in [6.07, 6.45) is 5.89. The molecule has 0 saturated carbocycles. The van der Waals surface area contributed by atoms with Gasteiger partial charge in [0.05, 0.1) is 12.0 Å². The number of rotatable bonds is 6. The molecule has 2 aliphatic rings. The van der Waals surface area contributed by atoms with Crippen LogP contribution in [0.25, 0.3) is 11.4 Å². The molecule has 27 heavy (non-hydrogen) atoms. The fourth-order valence-corrected chi connectivity index (χ4v) is 4.34. The third-order valence-electron chi connectivity index (χ3n) is 5.90. The number of hydrogen-bond acceptors (Lipinski definition) is 6. The number of ether oxygens (including phenoxy) is 1. The highest BCUT2D eigenvalue weighted by atomic mass is 16.5. The topological polar surface area (TPSA) is 63.4 Å². The molecule has 0 spiro atoms. The van der Waals surface area contributed by atoms with Crippen molar-refractivity contribution in [3.05, 3.63) is 35.7 Å². The second-order valence-corrected chi connectivity index (χ2v) is 7.92. The monoisotopic (exact) mass is 370 g/mol. The van der Waals surface area contributed by atoms with Crippen LogP contribution < -0.4 is 5.32 Å². The van der Waals surface area contributed by atoms with E-state index in [0.29, 0.717) is 18.3 Å². The van der Waals surface area contributed by atoms with Gasteiger partial charge in [0.15, 0.2) is 0 Å². The molecule has 0 atom stereocenters. The Morgan fingerprint density at radius 1 is 1.19 bits per heavy atom. The lowest BCUT2D eigenvalue weighted by atomic mass is 9.79. The number of nitrogens with zero attached hydrogens (tertiary/aromatic N) is 3. The Hall–Kier alpha value is -1.76. The summed E-state index contributed by atoms with van der Waals surface area (Å²) in [5.41, 5.74) is 2.17. The minimum absolute atomic E-state index is 0.170. The first-order chi connectivity index (χ1) is 13.3. The molecule has 1 aromatic carbocycles. The van der Waals surface area contributed by atoms with Crippen LogP contribution >= 0.6 is 0 Å². The molecule has 0 unspecified atom stereocenters. The summed E-state index contributed by atoms with van der Waals surface area (Å²) in [6.45, 7) is 5.91. The predicted molar refractivity (Wildman–Crippen MR) is 105 cm³/mol. The Bertz CT molecular complexity index is 728. The van der Waals surface area contributed by atoms with Crippen LogP contribution in [0.5, 0.6) is 0 Å². The molecule has 2 aliphatic heterocycles. The number of nitrogens with one attached hydrogen (secondary N) is 1. The number of piperidine rings is 2. The highest BCUT2D eigenvalue weighted by Crippen LogP contribution is 2.34. The first-order valence-corrected chi connectivity index (χ1v) is 10.1. The van der Waals surface area contributed by atoms with E-state index in [1.54, 1.807) is 7.11 Å². The average molecular weight is 370 g/mol. The lowest BCUT2D eigenvalue weighted by Gasteiger charge is -2.33. The molecule has 0 aliphatic carbocycles. The van der Waals surface area contributed by atoms with E-state index in [2.05, 4.69) is 39.6 Å². The molecule has 146 valence electrons. The summed E-state index contributed by atoms with van der Waals surface area (Å²) in [5.74, 6) is 1.39. The van der Waals surface area contributed by atoms with E-state index >= 15 is 0 Å². The molecular weight excluding hydrogens is 340 g/mol. The van der Waals surface area contributed by atoms with E-state index in [9.17, 15) is 0 Å². The van der Waals surface area contributed by atoms with Crippen LogP contribution in [0.4, 0.5) is 0 Å². The van der Waals surface area contributed by atoms with Crippen LogP contribution in [-0.4, -0.2) is 54.9 Å². The SMILES string of the molecule is COCC1(c2nc(-c3cccc(CN4CCCCC4)c3)no2)CCNCC1. The number of methoxy groups -OCH3 is 1. The van der Waals surface area contributed by atoms with Gasteiger partial charge in [0, 0.05) is 19.2 Å². The molecule has 2 aromatic rings. The van der Waals surface area contributed by atoms with E-state index in [0.717, 1.165) is 38.0 Å². The maximum atomic E-state index is 5.72. The van der Waals surface area contributed by atoms with E-state index in [4.69, 9.17) is 14.2 Å². The predicted octanol–water partition coefficient (Wildman–Crippen LogP) is 2.99. The van der Waals surface area contributed by atoms with Crippen molar-refractivity contribution in [1.29, 1.82) is 0 Å². The Labute approximate surface area is 161 Å². The highest BCUT2D eigenvalue weighted by Gasteiger charge is 2.39. The Morgan fingerprint density at radius 2 is 2.00 bits per heavy atom. The van der Waals surface area contributed by atoms with Crippen LogP contribution in [0.3, 0.4) is 0 Å². The summed E-state index contributed by atoms with van der Waals surface area (Å²) in [7, 11) is 1.74. The summed E-state index contributed by atoms with van der Waals surface area (Å²) >= 11 is 0. The van der Waals surface area contributed by atoms with E-state index in [-0.39, 0.29) is 5.41 Å². The molecule has 1 aromatic heterocycles. The van der Waals surface area contributed by atoms with Crippen LogP contribution in [0.1, 0.15) is 43.6 Å². The molecule has 6 nitrogen and oxygen atoms in total. The van der Waals surface area contributed by atoms with Crippen LogP contribution in [0, 0.1) is 0 Å². The van der Waals surface area contributed by atoms with Gasteiger partial charge in [-0.15, -0.1) is 0 Å². The van der Waals surface area contributed by atoms with Gasteiger partial charge in [0.2, 0.25) is 11.7 Å². The first kappa shape index (κ1) is 18.6. The normalized spacial score (nSPS) is 20.6. The Morgan fingerprint density at radius 3 is 2.78 bits per heavy atom. The van der Waals surface area contributed by atoms with Gasteiger partial charge < -0.3 is 14.6 Å². The zero-order chi connectivity index (χ0) is 18.5. The van der Waals surface area contributed by atoms with Gasteiger partial charge in [-0.05, 0) is 63.5 Å². The largest absolute Gasteiger partial charge is 0.384 e. The van der Waals surface area contributed by atoms with Gasteiger partial charge >= 0.3 is 0 Å². The summed E-state index contributed by atoms with van der Waals surface area (Å²) in [6, 6.07) is 8.56. The summed E-state index contributed by atoms with van der Waals surface area (Å²) in [5, 5.41) is 7.70. The van der Waals surface area contributed by atoms with Gasteiger partial charge in [-0.3, -0.25) is 4.90 Å². The maximum Gasteiger partial charge on any atom is 0.235 e. The van der Waals surface area contributed by atoms with Crippen molar-refractivity contribution in [3.63, 3.8) is 0 Å². The number of aromatic nitrogens is 2. The van der Waals surface area contributed by atoms with Crippen molar-refractivity contribution >= 4 is 0 Å². The standard InChI is InChI=1S/C21H30N4O2/c1-26-16-21(8-10-22-11-9-21)20-23-19(24-27-20)18-7-5-6-17(14-18)15-25-12-3-2-4-13-25/h5-7,14,22H,2-4,8-13,15-16H2,1H3. The molecule has 0 bridgehead atoms. The van der Waals surface area contributed by atoms with Crippen LogP contribution in [-0.2, 0) is 16.7 Å². The smallest absolute Gasteiger partial charge is 0.235 e. The van der Waals surface area contributed by atoms with Gasteiger partial charge in [-0.25, -0.2) is 0 Å². The van der Waals surface area contributed by atoms with Crippen LogP contribution in [0.2, 0.25) is 0 Å². The maximum absolute atomic E-state index is 5.72. The van der Waals surface area contributed by atoms with E-state index < -0.39 is 0 Å². The van der Waals surface area contributed by atoms with Crippen LogP contribution in [0.15, 0.2) is 28.8 Å². The van der Waals surface area contributed by atoms with Gasteiger partial charge in [0.1, 0.15) is 0 Å². The number of likely N-dealkylation sites (tertiary alicyclic amines) is 1. The van der Waals surface area contributed by atoms with Crippen molar-refractivity contribution in [3.8, 4) is 11.4 Å². The zero-order valence-corrected chi connectivity index (χ0v) is 16.2. The Kier molecular flexibility index (Phi) is 5.86. The molecule has 1 N–H and O–H groups in total. The lowest BCUT2D eigenvalue weighted by Crippen LogP contribution is -2.43. The van der Waals surface area contributed by atoms with Crippen molar-refractivity contribution < 1.29 is 9.26 Å². The molecule has 4 rings (SSSR count). The molecule has 2 fully saturated rings. The second kappa shape index (κ2) is 8.50. The number of hydrogen-bond donors (Lipinski definition) is 1. The molecule has 0 amide bonds. The molecular formula is C21H30N4O2. The van der Waals surface area contributed by atoms with Crippen molar-refractivity contribution in [2.75, 3.05) is 39.9 Å². The van der Waals surface area contributed by atoms with Gasteiger partial charge in [-0.1, -0.05) is 29.8 Å². The minimum Gasteiger partial charge on any atom is -0.384 e. The number of benzene rings is 1. The Balaban J connectivity index is 1.53. The first-order valence-electron chi connectivity index (χ1n) is 10.1. The quantitative estimate of drug-likeness (QED) is 0.843. The zero-order valence-electron chi connectivity index (χ0n) is 16.2. The summed E-state index contributed by atoms with van der Waals surface area (Å²) < 4.78 is 11.2. The third kappa shape index (κ3) is 4.23. The fraction of sp³-hybridized carbons (Fsp3) is 0.619. The van der Waals surface area contributed by atoms with Gasteiger partial charge in [-0.2, -0.15) is 4.98 Å². The van der Waals surface area contributed by atoms with E-state index in [1.165, 1.54) is 37.9 Å². The molecule has 3 heterocycles.